The van der Waals surface area contributed by atoms with E-state index in [1.54, 1.807) is 0 Å². The van der Waals surface area contributed by atoms with Crippen LogP contribution in [0, 0.1) is 0 Å². The van der Waals surface area contributed by atoms with E-state index < -0.39 is 0 Å². The summed E-state index contributed by atoms with van der Waals surface area (Å²) in [5, 5.41) is 13.5. The second-order valence-electron chi connectivity index (χ2n) is 6.29. The van der Waals surface area contributed by atoms with E-state index in [1.165, 1.54) is 43.2 Å². The van der Waals surface area contributed by atoms with Gasteiger partial charge in [0.15, 0.2) is 0 Å². The number of aryl methyl sites for hydroxylation is 1. The van der Waals surface area contributed by atoms with Crippen molar-refractivity contribution in [1.82, 2.24) is 15.2 Å². The Morgan fingerprint density at radius 2 is 2.09 bits per heavy atom. The Labute approximate surface area is 130 Å². The van der Waals surface area contributed by atoms with Crippen molar-refractivity contribution < 1.29 is 0 Å². The maximum atomic E-state index is 4.79. The topological polar surface area (TPSA) is 53.6 Å². The molecule has 1 aliphatic rings. The molecule has 0 saturated heterocycles. The number of rotatable bonds is 3. The number of fused-ring (bicyclic) bond motifs is 3. The van der Waals surface area contributed by atoms with Crippen LogP contribution in [0.2, 0.25) is 0 Å². The van der Waals surface area contributed by atoms with Crippen LogP contribution in [-0.2, 0) is 6.42 Å². The summed E-state index contributed by atoms with van der Waals surface area (Å²) < 4.78 is 0. The second kappa shape index (κ2) is 5.59. The molecular weight excluding hydrogens is 272 g/mol. The number of aromatic nitrogens is 3. The van der Waals surface area contributed by atoms with Gasteiger partial charge < -0.3 is 5.32 Å². The number of hydrogen-bond acceptors (Lipinski definition) is 3. The Balaban J connectivity index is 1.87. The average molecular weight is 294 g/mol. The molecule has 0 bridgehead atoms. The predicted molar refractivity (Wildman–Crippen MR) is 91.3 cm³/mol. The van der Waals surface area contributed by atoms with Crippen LogP contribution in [-0.4, -0.2) is 21.2 Å². The molecular formula is C18H22N4. The van der Waals surface area contributed by atoms with Crippen LogP contribution in [0.4, 0.5) is 5.69 Å². The van der Waals surface area contributed by atoms with Crippen molar-refractivity contribution in [3.63, 3.8) is 0 Å². The van der Waals surface area contributed by atoms with Crippen molar-refractivity contribution in [2.24, 2.45) is 0 Å². The van der Waals surface area contributed by atoms with Crippen molar-refractivity contribution in [3.05, 3.63) is 30.1 Å². The first-order valence-corrected chi connectivity index (χ1v) is 8.37. The summed E-state index contributed by atoms with van der Waals surface area (Å²) in [6.07, 6.45) is 9.42. The number of H-pyrrole nitrogens is 1. The van der Waals surface area contributed by atoms with Gasteiger partial charge in [0.05, 0.1) is 17.2 Å². The standard InChI is InChI=1S/C18H22N4/c1-2-13-10-16(21-14-6-4-3-5-7-14)17-15(20-13)9-8-12-11-19-22-18(12)17/h8-11,14H,2-7H2,1H3,(H,19,22)(H,20,21). The molecule has 2 N–H and O–H groups in total. The highest BCUT2D eigenvalue weighted by Gasteiger charge is 2.16. The average Bonchev–Trinajstić information content (AvgIpc) is 3.04. The van der Waals surface area contributed by atoms with Gasteiger partial charge in [0.25, 0.3) is 0 Å². The molecule has 1 aliphatic carbocycles. The quantitative estimate of drug-likeness (QED) is 0.752. The van der Waals surface area contributed by atoms with E-state index in [4.69, 9.17) is 4.98 Å². The monoisotopic (exact) mass is 294 g/mol. The normalized spacial score (nSPS) is 16.4. The first-order chi connectivity index (χ1) is 10.8. The molecule has 114 valence electrons. The zero-order chi connectivity index (χ0) is 14.9. The zero-order valence-corrected chi connectivity index (χ0v) is 13.0. The summed E-state index contributed by atoms with van der Waals surface area (Å²) in [6, 6.07) is 7.01. The van der Waals surface area contributed by atoms with E-state index in [-0.39, 0.29) is 0 Å². The Hall–Kier alpha value is -2.10. The van der Waals surface area contributed by atoms with Crippen LogP contribution < -0.4 is 5.32 Å². The van der Waals surface area contributed by atoms with Gasteiger partial charge in [-0.3, -0.25) is 10.1 Å². The van der Waals surface area contributed by atoms with E-state index in [1.807, 2.05) is 6.20 Å². The van der Waals surface area contributed by atoms with Crippen LogP contribution in [0.15, 0.2) is 24.4 Å². The number of nitrogens with zero attached hydrogens (tertiary/aromatic N) is 2. The highest BCUT2D eigenvalue weighted by atomic mass is 15.1. The fraction of sp³-hybridized carbons (Fsp3) is 0.444. The number of nitrogens with one attached hydrogen (secondary N) is 2. The largest absolute Gasteiger partial charge is 0.382 e. The Bertz CT molecular complexity index is 799. The van der Waals surface area contributed by atoms with Gasteiger partial charge in [-0.2, -0.15) is 5.10 Å². The van der Waals surface area contributed by atoms with Crippen molar-refractivity contribution in [2.75, 3.05) is 5.32 Å². The summed E-state index contributed by atoms with van der Waals surface area (Å²) in [5.41, 5.74) is 4.49. The molecule has 1 aromatic carbocycles. The molecule has 2 aromatic heterocycles. The van der Waals surface area contributed by atoms with E-state index in [9.17, 15) is 0 Å². The van der Waals surface area contributed by atoms with Gasteiger partial charge in [0.2, 0.25) is 0 Å². The first-order valence-electron chi connectivity index (χ1n) is 8.37. The zero-order valence-electron chi connectivity index (χ0n) is 13.0. The summed E-state index contributed by atoms with van der Waals surface area (Å²) in [4.78, 5) is 4.79. The number of pyridine rings is 1. The smallest absolute Gasteiger partial charge is 0.0765 e. The Morgan fingerprint density at radius 1 is 1.23 bits per heavy atom. The van der Waals surface area contributed by atoms with Crippen LogP contribution in [0.3, 0.4) is 0 Å². The van der Waals surface area contributed by atoms with Crippen LogP contribution >= 0.6 is 0 Å². The van der Waals surface area contributed by atoms with Crippen molar-refractivity contribution >= 4 is 27.5 Å². The highest BCUT2D eigenvalue weighted by Crippen LogP contribution is 2.32. The molecule has 0 aliphatic heterocycles. The van der Waals surface area contributed by atoms with Gasteiger partial charge in [-0.05, 0) is 37.5 Å². The summed E-state index contributed by atoms with van der Waals surface area (Å²) in [7, 11) is 0. The van der Waals surface area contributed by atoms with Crippen LogP contribution in [0.25, 0.3) is 21.8 Å². The predicted octanol–water partition coefficient (Wildman–Crippen LogP) is 4.42. The fourth-order valence-electron chi connectivity index (χ4n) is 3.56. The van der Waals surface area contributed by atoms with Gasteiger partial charge in [0.1, 0.15) is 0 Å². The third-order valence-electron chi connectivity index (χ3n) is 4.77. The van der Waals surface area contributed by atoms with E-state index in [0.717, 1.165) is 28.5 Å². The van der Waals surface area contributed by atoms with Crippen LogP contribution in [0.5, 0.6) is 0 Å². The molecule has 0 amide bonds. The second-order valence-corrected chi connectivity index (χ2v) is 6.29. The third kappa shape index (κ3) is 2.32. The van der Waals surface area contributed by atoms with Gasteiger partial charge in [-0.25, -0.2) is 0 Å². The molecule has 0 unspecified atom stereocenters. The molecule has 0 atom stereocenters. The molecule has 1 saturated carbocycles. The Morgan fingerprint density at radius 3 is 2.91 bits per heavy atom. The summed E-state index contributed by atoms with van der Waals surface area (Å²) in [6.45, 7) is 2.16. The Kier molecular flexibility index (Phi) is 3.45. The van der Waals surface area contributed by atoms with Gasteiger partial charge in [0, 0.05) is 28.2 Å². The summed E-state index contributed by atoms with van der Waals surface area (Å²) in [5.74, 6) is 0. The maximum Gasteiger partial charge on any atom is 0.0765 e. The molecule has 2 heterocycles. The molecule has 0 radical (unpaired) electrons. The van der Waals surface area contributed by atoms with Gasteiger partial charge in [-0.15, -0.1) is 0 Å². The lowest BCUT2D eigenvalue weighted by atomic mass is 9.95. The number of benzene rings is 1. The number of hydrogen-bond donors (Lipinski definition) is 2. The SMILES string of the molecule is CCc1cc(NC2CCCCC2)c2c(ccc3cn[nH]c32)n1. The molecule has 3 aromatic rings. The minimum atomic E-state index is 0.585. The highest BCUT2D eigenvalue weighted by molar-refractivity contribution is 6.10. The minimum Gasteiger partial charge on any atom is -0.382 e. The number of aromatic amines is 1. The molecule has 0 spiro atoms. The van der Waals surface area contributed by atoms with Crippen molar-refractivity contribution in [3.8, 4) is 0 Å². The molecule has 4 rings (SSSR count). The minimum absolute atomic E-state index is 0.585. The lowest BCUT2D eigenvalue weighted by Gasteiger charge is -2.25. The maximum absolute atomic E-state index is 4.79. The van der Waals surface area contributed by atoms with Crippen LogP contribution in [0.1, 0.15) is 44.7 Å². The van der Waals surface area contributed by atoms with Gasteiger partial charge in [-0.1, -0.05) is 26.2 Å². The first kappa shape index (κ1) is 13.6. The van der Waals surface area contributed by atoms with E-state index >= 15 is 0 Å². The fourth-order valence-corrected chi connectivity index (χ4v) is 3.56. The lowest BCUT2D eigenvalue weighted by molar-refractivity contribution is 0.463. The molecule has 22 heavy (non-hydrogen) atoms. The summed E-state index contributed by atoms with van der Waals surface area (Å²) >= 11 is 0. The van der Waals surface area contributed by atoms with Gasteiger partial charge >= 0.3 is 0 Å². The lowest BCUT2D eigenvalue weighted by Crippen LogP contribution is -2.22. The van der Waals surface area contributed by atoms with Crippen molar-refractivity contribution in [2.45, 2.75) is 51.5 Å². The van der Waals surface area contributed by atoms with Crippen molar-refractivity contribution in [1.29, 1.82) is 0 Å². The molecule has 1 fully saturated rings. The number of anilines is 1. The van der Waals surface area contributed by atoms with E-state index in [2.05, 4.69) is 40.6 Å². The van der Waals surface area contributed by atoms with E-state index in [0.29, 0.717) is 6.04 Å². The molecule has 4 nitrogen and oxygen atoms in total. The third-order valence-corrected chi connectivity index (χ3v) is 4.77. The molecule has 4 heteroatoms.